The van der Waals surface area contributed by atoms with Crippen LogP contribution < -0.4 is 0 Å². The summed E-state index contributed by atoms with van der Waals surface area (Å²) in [6.45, 7) is 1.14. The van der Waals surface area contributed by atoms with E-state index in [-0.39, 0.29) is 0 Å². The lowest BCUT2D eigenvalue weighted by Gasteiger charge is -2.09. The van der Waals surface area contributed by atoms with Crippen molar-refractivity contribution in [3.05, 3.63) is 33.8 Å². The van der Waals surface area contributed by atoms with Gasteiger partial charge < -0.3 is 0 Å². The lowest BCUT2D eigenvalue weighted by Crippen LogP contribution is -2.25. The second-order valence-electron chi connectivity index (χ2n) is 3.25. The second kappa shape index (κ2) is 4.95. The van der Waals surface area contributed by atoms with Gasteiger partial charge in [0.2, 0.25) is 0 Å². The maximum Gasteiger partial charge on any atom is 0.523 e. The minimum atomic E-state index is -5.53. The smallest absolute Gasteiger partial charge is 0.258 e. The SMILES string of the molecule is Cc1ccc(COS(=O)(=O)C(F)(F)F)cc1Br. The Balaban J connectivity index is 2.78. The summed E-state index contributed by atoms with van der Waals surface area (Å²) in [7, 11) is -5.53. The molecule has 1 aromatic rings. The highest BCUT2D eigenvalue weighted by atomic mass is 79.9. The van der Waals surface area contributed by atoms with Gasteiger partial charge in [0.25, 0.3) is 0 Å². The topological polar surface area (TPSA) is 43.4 Å². The van der Waals surface area contributed by atoms with Crippen molar-refractivity contribution in [2.24, 2.45) is 0 Å². The Hall–Kier alpha value is -0.600. The molecule has 0 unspecified atom stereocenters. The van der Waals surface area contributed by atoms with E-state index < -0.39 is 22.2 Å². The molecule has 0 aliphatic carbocycles. The Kier molecular flexibility index (Phi) is 4.21. The first-order valence-corrected chi connectivity index (χ1v) is 6.54. The van der Waals surface area contributed by atoms with Crippen molar-refractivity contribution in [1.82, 2.24) is 0 Å². The molecule has 0 aromatic heterocycles. The van der Waals surface area contributed by atoms with Crippen LogP contribution in [-0.4, -0.2) is 13.9 Å². The van der Waals surface area contributed by atoms with Crippen molar-refractivity contribution in [1.29, 1.82) is 0 Å². The standard InChI is InChI=1S/C9H8BrF3O3S/c1-6-2-3-7(4-8(6)10)5-16-17(14,15)9(11,12)13/h2-4H,5H2,1H3. The third kappa shape index (κ3) is 3.68. The van der Waals surface area contributed by atoms with Crippen LogP contribution in [0.3, 0.4) is 0 Å². The van der Waals surface area contributed by atoms with Gasteiger partial charge in [0.1, 0.15) is 0 Å². The number of rotatable bonds is 3. The van der Waals surface area contributed by atoms with Crippen molar-refractivity contribution < 1.29 is 25.8 Å². The van der Waals surface area contributed by atoms with Crippen LogP contribution in [0.25, 0.3) is 0 Å². The first-order chi connectivity index (χ1) is 7.63. The molecule has 0 radical (unpaired) electrons. The molecule has 0 bridgehead atoms. The van der Waals surface area contributed by atoms with E-state index in [0.717, 1.165) is 5.56 Å². The van der Waals surface area contributed by atoms with E-state index in [1.807, 2.05) is 0 Å². The summed E-state index contributed by atoms with van der Waals surface area (Å²) >= 11 is 3.18. The van der Waals surface area contributed by atoms with Crippen LogP contribution in [-0.2, 0) is 20.9 Å². The number of aryl methyl sites for hydroxylation is 1. The second-order valence-corrected chi connectivity index (χ2v) is 5.71. The molecular weight excluding hydrogens is 325 g/mol. The molecule has 96 valence electrons. The van der Waals surface area contributed by atoms with E-state index in [9.17, 15) is 21.6 Å². The monoisotopic (exact) mass is 332 g/mol. The van der Waals surface area contributed by atoms with Crippen molar-refractivity contribution in [3.8, 4) is 0 Å². The Morgan fingerprint density at radius 3 is 2.41 bits per heavy atom. The lowest BCUT2D eigenvalue weighted by atomic mass is 10.2. The van der Waals surface area contributed by atoms with E-state index in [1.165, 1.54) is 12.1 Å². The van der Waals surface area contributed by atoms with Gasteiger partial charge in [0.05, 0.1) is 6.61 Å². The molecule has 0 N–H and O–H groups in total. The molecule has 0 saturated heterocycles. The summed E-state index contributed by atoms with van der Waals surface area (Å²) in [5, 5.41) is 0. The van der Waals surface area contributed by atoms with Gasteiger partial charge in [-0.1, -0.05) is 28.1 Å². The molecule has 1 aromatic carbocycles. The Bertz CT molecular complexity index is 511. The predicted octanol–water partition coefficient (Wildman–Crippen LogP) is 3.12. The van der Waals surface area contributed by atoms with E-state index in [0.29, 0.717) is 10.0 Å². The maximum absolute atomic E-state index is 12.0. The van der Waals surface area contributed by atoms with E-state index in [4.69, 9.17) is 0 Å². The van der Waals surface area contributed by atoms with Crippen LogP contribution in [0.15, 0.2) is 22.7 Å². The summed E-state index contributed by atoms with van der Waals surface area (Å²) < 4.78 is 61.7. The number of benzene rings is 1. The van der Waals surface area contributed by atoms with Crippen LogP contribution in [0.5, 0.6) is 0 Å². The molecule has 8 heteroatoms. The average Bonchev–Trinajstić information content (AvgIpc) is 2.18. The van der Waals surface area contributed by atoms with Crippen LogP contribution >= 0.6 is 15.9 Å². The number of hydrogen-bond acceptors (Lipinski definition) is 3. The third-order valence-electron chi connectivity index (χ3n) is 1.90. The summed E-state index contributed by atoms with van der Waals surface area (Å²) in [6, 6.07) is 4.64. The largest absolute Gasteiger partial charge is 0.523 e. The molecule has 0 atom stereocenters. The minimum Gasteiger partial charge on any atom is -0.258 e. The summed E-state index contributed by atoms with van der Waals surface area (Å²) in [5.41, 5.74) is -4.18. The van der Waals surface area contributed by atoms with Crippen LogP contribution in [0, 0.1) is 6.92 Å². The highest BCUT2D eigenvalue weighted by Gasteiger charge is 2.47. The quantitative estimate of drug-likeness (QED) is 0.631. The fraction of sp³-hybridized carbons (Fsp3) is 0.333. The summed E-state index contributed by atoms with van der Waals surface area (Å²) in [5.74, 6) is 0. The van der Waals surface area contributed by atoms with Gasteiger partial charge in [-0.2, -0.15) is 21.6 Å². The van der Waals surface area contributed by atoms with Gasteiger partial charge in [-0.25, -0.2) is 0 Å². The van der Waals surface area contributed by atoms with Crippen molar-refractivity contribution in [2.45, 2.75) is 19.0 Å². The first-order valence-electron chi connectivity index (χ1n) is 4.34. The van der Waals surface area contributed by atoms with Gasteiger partial charge in [0.15, 0.2) is 0 Å². The van der Waals surface area contributed by atoms with E-state index >= 15 is 0 Å². The Morgan fingerprint density at radius 1 is 1.35 bits per heavy atom. The number of hydrogen-bond donors (Lipinski definition) is 0. The molecule has 0 spiro atoms. The first kappa shape index (κ1) is 14.5. The Labute approximate surface area is 105 Å². The zero-order chi connectivity index (χ0) is 13.3. The fourth-order valence-corrected chi connectivity index (χ4v) is 1.79. The molecule has 0 amide bonds. The van der Waals surface area contributed by atoms with Crippen molar-refractivity contribution >= 4 is 26.0 Å². The minimum absolute atomic E-state index is 0.329. The molecule has 0 aliphatic heterocycles. The number of halogens is 4. The Morgan fingerprint density at radius 2 is 1.94 bits per heavy atom. The molecular formula is C9H8BrF3O3S. The normalized spacial score (nSPS) is 12.8. The molecule has 0 saturated carbocycles. The zero-order valence-corrected chi connectivity index (χ0v) is 11.0. The van der Waals surface area contributed by atoms with Crippen molar-refractivity contribution in [2.75, 3.05) is 0 Å². The summed E-state index contributed by atoms with van der Waals surface area (Å²) in [4.78, 5) is 0. The van der Waals surface area contributed by atoms with Gasteiger partial charge in [-0.15, -0.1) is 0 Å². The van der Waals surface area contributed by atoms with Gasteiger partial charge >= 0.3 is 15.6 Å². The lowest BCUT2D eigenvalue weighted by molar-refractivity contribution is -0.0547. The average molecular weight is 333 g/mol. The third-order valence-corrected chi connectivity index (χ3v) is 3.75. The van der Waals surface area contributed by atoms with Gasteiger partial charge in [-0.05, 0) is 24.1 Å². The number of alkyl halides is 3. The fourth-order valence-electron chi connectivity index (χ4n) is 0.939. The highest BCUT2D eigenvalue weighted by molar-refractivity contribution is 9.10. The molecule has 3 nitrogen and oxygen atoms in total. The van der Waals surface area contributed by atoms with E-state index in [2.05, 4.69) is 20.1 Å². The van der Waals surface area contributed by atoms with Gasteiger partial charge in [0, 0.05) is 4.47 Å². The summed E-state index contributed by atoms with van der Waals surface area (Å²) in [6.07, 6.45) is 0. The predicted molar refractivity (Wildman–Crippen MR) is 58.6 cm³/mol. The molecule has 0 heterocycles. The molecule has 17 heavy (non-hydrogen) atoms. The molecule has 1 rings (SSSR count). The van der Waals surface area contributed by atoms with Crippen molar-refractivity contribution in [3.63, 3.8) is 0 Å². The van der Waals surface area contributed by atoms with Crippen LogP contribution in [0.2, 0.25) is 0 Å². The molecule has 0 fully saturated rings. The molecule has 0 aliphatic rings. The zero-order valence-electron chi connectivity index (χ0n) is 8.58. The van der Waals surface area contributed by atoms with E-state index in [1.54, 1.807) is 13.0 Å². The maximum atomic E-state index is 12.0. The highest BCUT2D eigenvalue weighted by Crippen LogP contribution is 2.26. The van der Waals surface area contributed by atoms with Crippen LogP contribution in [0.4, 0.5) is 13.2 Å². The van der Waals surface area contributed by atoms with Gasteiger partial charge in [-0.3, -0.25) is 4.18 Å². The van der Waals surface area contributed by atoms with Crippen LogP contribution in [0.1, 0.15) is 11.1 Å².